The summed E-state index contributed by atoms with van der Waals surface area (Å²) in [6.45, 7) is 7.81. The normalized spacial score (nSPS) is 11.1. The summed E-state index contributed by atoms with van der Waals surface area (Å²) < 4.78 is 12.5. The van der Waals surface area contributed by atoms with Gasteiger partial charge in [0.15, 0.2) is 0 Å². The Balaban J connectivity index is 1.73. The van der Waals surface area contributed by atoms with Crippen LogP contribution in [0.2, 0.25) is 0 Å². The van der Waals surface area contributed by atoms with E-state index in [1.165, 1.54) is 23.5 Å². The fourth-order valence-electron chi connectivity index (χ4n) is 3.15. The molecule has 164 valence electrons. The number of nitrogens with zero attached hydrogens (tertiary/aromatic N) is 2. The first-order valence-corrected chi connectivity index (χ1v) is 10.7. The average molecular weight is 445 g/mol. The Kier molecular flexibility index (Phi) is 6.74. The van der Waals surface area contributed by atoms with Gasteiger partial charge in [0.1, 0.15) is 21.3 Å². The van der Waals surface area contributed by atoms with Crippen LogP contribution in [-0.2, 0) is 11.3 Å². The van der Waals surface area contributed by atoms with Crippen LogP contribution in [0.15, 0.2) is 29.1 Å². The molecule has 1 N–H and O–H groups in total. The first-order chi connectivity index (χ1) is 14.7. The van der Waals surface area contributed by atoms with Crippen LogP contribution in [0.5, 0.6) is 5.75 Å². The molecule has 3 aromatic rings. The lowest BCUT2D eigenvalue weighted by Gasteiger charge is -2.11. The van der Waals surface area contributed by atoms with Gasteiger partial charge in [-0.1, -0.05) is 0 Å². The minimum Gasteiger partial charge on any atom is -0.494 e. The molecular formula is C22H24N2O6S. The number of carboxylic acid groups (broad SMARTS) is 1. The van der Waals surface area contributed by atoms with Gasteiger partial charge in [0, 0.05) is 6.54 Å². The maximum Gasteiger partial charge on any atom is 0.348 e. The number of hydrogen-bond donors (Lipinski definition) is 1. The average Bonchev–Trinajstić information content (AvgIpc) is 3.03. The van der Waals surface area contributed by atoms with E-state index >= 15 is 0 Å². The van der Waals surface area contributed by atoms with Crippen LogP contribution in [0.3, 0.4) is 0 Å². The van der Waals surface area contributed by atoms with Crippen LogP contribution in [0.25, 0.3) is 10.2 Å². The van der Waals surface area contributed by atoms with E-state index in [1.807, 2.05) is 0 Å². The number of carbonyl (C=O) groups excluding carboxylic acids is 1. The molecule has 8 nitrogen and oxygen atoms in total. The van der Waals surface area contributed by atoms with E-state index in [9.17, 15) is 14.4 Å². The van der Waals surface area contributed by atoms with E-state index in [1.54, 1.807) is 44.4 Å². The van der Waals surface area contributed by atoms with Crippen molar-refractivity contribution in [2.24, 2.45) is 0 Å². The molecule has 0 unspecified atom stereocenters. The zero-order valence-corrected chi connectivity index (χ0v) is 18.6. The maximum atomic E-state index is 13.1. The third kappa shape index (κ3) is 4.93. The molecular weight excluding hydrogens is 420 g/mol. The number of carbonyl (C=O) groups is 2. The van der Waals surface area contributed by atoms with Gasteiger partial charge in [-0.25, -0.2) is 14.6 Å². The van der Waals surface area contributed by atoms with E-state index in [0.29, 0.717) is 51.8 Å². The van der Waals surface area contributed by atoms with E-state index in [0.717, 1.165) is 0 Å². The fraction of sp³-hybridized carbons (Fsp3) is 0.364. The summed E-state index contributed by atoms with van der Waals surface area (Å²) in [6, 6.07) is 6.15. The molecule has 0 aliphatic heterocycles. The molecule has 0 bridgehead atoms. The first-order valence-electron chi connectivity index (χ1n) is 9.86. The van der Waals surface area contributed by atoms with Gasteiger partial charge in [0.2, 0.25) is 0 Å². The van der Waals surface area contributed by atoms with Crippen molar-refractivity contribution in [3.05, 3.63) is 56.4 Å². The molecule has 0 radical (unpaired) electrons. The summed E-state index contributed by atoms with van der Waals surface area (Å²) in [6.07, 6.45) is 0.309. The fourth-order valence-corrected chi connectivity index (χ4v) is 4.25. The van der Waals surface area contributed by atoms with Crippen LogP contribution in [-0.4, -0.2) is 39.3 Å². The van der Waals surface area contributed by atoms with Crippen molar-refractivity contribution in [1.82, 2.24) is 9.55 Å². The zero-order chi connectivity index (χ0) is 22.7. The first kappa shape index (κ1) is 22.5. The predicted octanol–water partition coefficient (Wildman–Crippen LogP) is 3.81. The van der Waals surface area contributed by atoms with Crippen molar-refractivity contribution >= 4 is 33.5 Å². The molecule has 0 amide bonds. The summed E-state index contributed by atoms with van der Waals surface area (Å²) in [4.78, 5) is 41.8. The van der Waals surface area contributed by atoms with Gasteiger partial charge in [-0.2, -0.15) is 0 Å². The van der Waals surface area contributed by atoms with Crippen molar-refractivity contribution in [3.63, 3.8) is 0 Å². The Morgan fingerprint density at radius 2 is 1.87 bits per heavy atom. The molecule has 2 heterocycles. The quantitative estimate of drug-likeness (QED) is 0.416. The van der Waals surface area contributed by atoms with Crippen molar-refractivity contribution in [2.75, 3.05) is 6.61 Å². The Morgan fingerprint density at radius 1 is 1.19 bits per heavy atom. The molecule has 0 saturated carbocycles. The largest absolute Gasteiger partial charge is 0.494 e. The van der Waals surface area contributed by atoms with Gasteiger partial charge in [-0.3, -0.25) is 9.36 Å². The van der Waals surface area contributed by atoms with Gasteiger partial charge in [0.25, 0.3) is 5.56 Å². The second-order valence-corrected chi connectivity index (χ2v) is 8.34. The van der Waals surface area contributed by atoms with E-state index in [2.05, 4.69) is 4.98 Å². The number of aryl methyl sites for hydroxylation is 2. The highest BCUT2D eigenvalue weighted by Crippen LogP contribution is 2.28. The van der Waals surface area contributed by atoms with Crippen LogP contribution in [0.1, 0.15) is 51.7 Å². The number of esters is 1. The monoisotopic (exact) mass is 444 g/mol. The second kappa shape index (κ2) is 9.30. The standard InChI is InChI=1S/C22H24N2O6S/c1-12(2)30-22(28)18-13(3)17-19(31-18)23-14(4)24(20(17)25)10-5-11-29-16-8-6-15(7-9-16)21(26)27/h6-9,12H,5,10-11H2,1-4H3,(H,26,27). The van der Waals surface area contributed by atoms with E-state index in [4.69, 9.17) is 14.6 Å². The third-order valence-electron chi connectivity index (χ3n) is 4.67. The molecule has 0 atom stereocenters. The molecule has 31 heavy (non-hydrogen) atoms. The number of rotatable bonds is 8. The summed E-state index contributed by atoms with van der Waals surface area (Å²) in [7, 11) is 0. The van der Waals surface area contributed by atoms with Crippen LogP contribution >= 0.6 is 11.3 Å². The number of benzene rings is 1. The smallest absolute Gasteiger partial charge is 0.348 e. The third-order valence-corrected chi connectivity index (χ3v) is 5.83. The Labute approximate surface area is 183 Å². The lowest BCUT2D eigenvalue weighted by atomic mass is 10.2. The SMILES string of the molecule is Cc1c(C(=O)OC(C)C)sc2nc(C)n(CCCOc3ccc(C(=O)O)cc3)c(=O)c12. The molecule has 2 aromatic heterocycles. The predicted molar refractivity (Wildman–Crippen MR) is 117 cm³/mol. The minimum atomic E-state index is -0.992. The number of aromatic nitrogens is 2. The summed E-state index contributed by atoms with van der Waals surface area (Å²) in [5.41, 5.74) is 0.592. The van der Waals surface area contributed by atoms with Crippen molar-refractivity contribution < 1.29 is 24.2 Å². The van der Waals surface area contributed by atoms with Crippen LogP contribution in [0.4, 0.5) is 0 Å². The summed E-state index contributed by atoms with van der Waals surface area (Å²) in [5.74, 6) is -0.312. The van der Waals surface area contributed by atoms with Gasteiger partial charge >= 0.3 is 11.9 Å². The molecule has 1 aromatic carbocycles. The summed E-state index contributed by atoms with van der Waals surface area (Å²) >= 11 is 1.17. The zero-order valence-electron chi connectivity index (χ0n) is 17.8. The number of hydrogen-bond acceptors (Lipinski definition) is 7. The number of fused-ring (bicyclic) bond motifs is 1. The summed E-state index contributed by atoms with van der Waals surface area (Å²) in [5, 5.41) is 9.37. The number of carboxylic acids is 1. The van der Waals surface area contributed by atoms with Gasteiger partial charge in [-0.15, -0.1) is 11.3 Å². The lowest BCUT2D eigenvalue weighted by molar-refractivity contribution is 0.0383. The lowest BCUT2D eigenvalue weighted by Crippen LogP contribution is -2.24. The molecule has 0 aliphatic rings. The van der Waals surface area contributed by atoms with Crippen molar-refractivity contribution in [1.29, 1.82) is 0 Å². The highest BCUT2D eigenvalue weighted by Gasteiger charge is 2.22. The Hall–Kier alpha value is -3.20. The molecule has 9 heteroatoms. The maximum absolute atomic E-state index is 13.1. The van der Waals surface area contributed by atoms with Crippen molar-refractivity contribution in [2.45, 2.75) is 46.8 Å². The highest BCUT2D eigenvalue weighted by atomic mass is 32.1. The van der Waals surface area contributed by atoms with E-state index in [-0.39, 0.29) is 17.2 Å². The molecule has 0 spiro atoms. The topological polar surface area (TPSA) is 108 Å². The van der Waals surface area contributed by atoms with Gasteiger partial charge < -0.3 is 14.6 Å². The van der Waals surface area contributed by atoms with Crippen molar-refractivity contribution in [3.8, 4) is 5.75 Å². The molecule has 0 fully saturated rings. The van der Waals surface area contributed by atoms with E-state index < -0.39 is 11.9 Å². The highest BCUT2D eigenvalue weighted by molar-refractivity contribution is 7.20. The molecule has 3 rings (SSSR count). The van der Waals surface area contributed by atoms with Crippen LogP contribution < -0.4 is 10.3 Å². The number of ether oxygens (including phenoxy) is 2. The van der Waals surface area contributed by atoms with Crippen LogP contribution in [0, 0.1) is 13.8 Å². The number of aromatic carboxylic acids is 1. The number of thiophene rings is 1. The van der Waals surface area contributed by atoms with Gasteiger partial charge in [-0.05, 0) is 63.9 Å². The van der Waals surface area contributed by atoms with Gasteiger partial charge in [0.05, 0.1) is 23.7 Å². The minimum absolute atomic E-state index is 0.189. The Bertz CT molecular complexity index is 1180. The second-order valence-electron chi connectivity index (χ2n) is 7.34. The molecule has 0 saturated heterocycles. The molecule has 0 aliphatic carbocycles. The Morgan fingerprint density at radius 3 is 2.48 bits per heavy atom.